The van der Waals surface area contributed by atoms with Gasteiger partial charge in [-0.2, -0.15) is 0 Å². The molecule has 0 unspecified atom stereocenters. The Morgan fingerprint density at radius 2 is 2.07 bits per heavy atom. The fourth-order valence-corrected chi connectivity index (χ4v) is 6.58. The monoisotopic (exact) mass is 387 g/mol. The number of aromatic hydroxyl groups is 1. The van der Waals surface area contributed by atoms with Crippen LogP contribution in [0.25, 0.3) is 10.9 Å². The lowest BCUT2D eigenvalue weighted by atomic mass is 9.49. The number of benzene rings is 2. The number of para-hydroxylation sites is 1. The van der Waals surface area contributed by atoms with E-state index in [0.29, 0.717) is 24.3 Å². The summed E-state index contributed by atoms with van der Waals surface area (Å²) in [6, 6.07) is 11.4. The molecular weight excluding hydrogens is 366 g/mol. The minimum Gasteiger partial charge on any atom is -0.504 e. The zero-order chi connectivity index (χ0) is 19.5. The highest BCUT2D eigenvalue weighted by atomic mass is 16.5. The second-order valence-corrected chi connectivity index (χ2v) is 8.89. The molecule has 0 radical (unpaired) electrons. The molecule has 146 valence electrons. The van der Waals surface area contributed by atoms with Crippen molar-refractivity contribution in [3.8, 4) is 11.5 Å². The Labute approximate surface area is 167 Å². The average molecular weight is 387 g/mol. The number of phenolic OH excluding ortho intramolecular Hbond substituents is 1. The van der Waals surface area contributed by atoms with Crippen molar-refractivity contribution in [1.29, 1.82) is 0 Å². The maximum atomic E-state index is 12.2. The second-order valence-electron chi connectivity index (χ2n) is 8.89. The van der Waals surface area contributed by atoms with Gasteiger partial charge in [0.1, 0.15) is 0 Å². The average Bonchev–Trinajstić information content (AvgIpc) is 3.06. The third-order valence-corrected chi connectivity index (χ3v) is 7.80. The van der Waals surface area contributed by atoms with Crippen LogP contribution in [0.2, 0.25) is 0 Å². The number of piperidine rings is 1. The van der Waals surface area contributed by atoms with Gasteiger partial charge in [0, 0.05) is 34.7 Å². The number of rotatable bonds is 0. The molecule has 2 aliphatic carbocycles. The van der Waals surface area contributed by atoms with Crippen LogP contribution in [0.1, 0.15) is 34.9 Å². The van der Waals surface area contributed by atoms with Crippen LogP contribution < -0.4 is 15.8 Å². The number of nitrogen functional groups attached to an aromatic ring is 1. The summed E-state index contributed by atoms with van der Waals surface area (Å²) in [4.78, 5) is 4.98. The number of fused-ring (bicyclic) bond motifs is 3. The van der Waals surface area contributed by atoms with Crippen molar-refractivity contribution in [3.63, 3.8) is 0 Å². The molecular formula is C23H21N3O3. The van der Waals surface area contributed by atoms with Crippen LogP contribution in [0.15, 0.2) is 36.4 Å². The molecule has 0 amide bonds. The van der Waals surface area contributed by atoms with E-state index in [1.54, 1.807) is 6.07 Å². The van der Waals surface area contributed by atoms with Crippen molar-refractivity contribution >= 4 is 16.6 Å². The first kappa shape index (κ1) is 16.0. The first-order valence-corrected chi connectivity index (χ1v) is 10.2. The van der Waals surface area contributed by atoms with Gasteiger partial charge in [-0.15, -0.1) is 0 Å². The molecule has 2 aromatic carbocycles. The first-order chi connectivity index (χ1) is 14.0. The van der Waals surface area contributed by atoms with Gasteiger partial charge in [-0.3, -0.25) is 0 Å². The van der Waals surface area contributed by atoms with Crippen molar-refractivity contribution < 1.29 is 14.9 Å². The van der Waals surface area contributed by atoms with Gasteiger partial charge in [0.25, 0.3) is 0 Å². The Bertz CT molecular complexity index is 1240. The quantitative estimate of drug-likeness (QED) is 0.471. The van der Waals surface area contributed by atoms with E-state index in [0.717, 1.165) is 46.3 Å². The van der Waals surface area contributed by atoms with Gasteiger partial charge in [0.2, 0.25) is 0 Å². The fraction of sp³-hybridized carbons (Fsp3) is 0.348. The first-order valence-electron chi connectivity index (χ1n) is 10.2. The van der Waals surface area contributed by atoms with Gasteiger partial charge in [0.05, 0.1) is 22.2 Å². The minimum atomic E-state index is -1.05. The van der Waals surface area contributed by atoms with E-state index in [4.69, 9.17) is 15.5 Å². The number of nitrogens with two attached hydrogens (primary N) is 1. The number of anilines is 1. The molecule has 3 heterocycles. The third kappa shape index (κ3) is 1.59. The van der Waals surface area contributed by atoms with E-state index >= 15 is 0 Å². The molecule has 1 fully saturated rings. The Hall–Kier alpha value is -2.83. The molecule has 4 aliphatic rings. The Morgan fingerprint density at radius 3 is 2.97 bits per heavy atom. The van der Waals surface area contributed by atoms with Crippen molar-refractivity contribution in [1.82, 2.24) is 10.3 Å². The van der Waals surface area contributed by atoms with Crippen LogP contribution in [0.4, 0.5) is 5.69 Å². The molecule has 5 N–H and O–H groups in total. The predicted molar refractivity (Wildman–Crippen MR) is 108 cm³/mol. The second kappa shape index (κ2) is 4.83. The SMILES string of the molecule is Nc1c2c(nc3ccccc13)[C@@H]1Oc3c(O)ccc4c3[C@@]13CCN[C@H](C4)[C@]3(O)C2. The van der Waals surface area contributed by atoms with E-state index in [2.05, 4.69) is 5.32 Å². The molecule has 7 rings (SSSR count). The minimum absolute atomic E-state index is 0.0932. The number of ether oxygens (including phenoxy) is 1. The van der Waals surface area contributed by atoms with Gasteiger partial charge in [0.15, 0.2) is 17.6 Å². The predicted octanol–water partition coefficient (Wildman–Crippen LogP) is 2.10. The largest absolute Gasteiger partial charge is 0.504 e. The smallest absolute Gasteiger partial charge is 0.166 e. The van der Waals surface area contributed by atoms with Crippen LogP contribution in [0, 0.1) is 0 Å². The highest BCUT2D eigenvalue weighted by Crippen LogP contribution is 2.67. The zero-order valence-electron chi connectivity index (χ0n) is 15.8. The molecule has 2 bridgehead atoms. The van der Waals surface area contributed by atoms with Gasteiger partial charge in [-0.05, 0) is 37.1 Å². The van der Waals surface area contributed by atoms with Crippen LogP contribution in [0.5, 0.6) is 11.5 Å². The van der Waals surface area contributed by atoms with E-state index in [-0.39, 0.29) is 11.8 Å². The zero-order valence-corrected chi connectivity index (χ0v) is 15.8. The lowest BCUT2D eigenvalue weighted by Gasteiger charge is -2.60. The normalized spacial score (nSPS) is 33.1. The summed E-state index contributed by atoms with van der Waals surface area (Å²) < 4.78 is 6.45. The van der Waals surface area contributed by atoms with Gasteiger partial charge in [-0.25, -0.2) is 4.98 Å². The van der Waals surface area contributed by atoms with Crippen LogP contribution >= 0.6 is 0 Å². The number of aromatic nitrogens is 1. The number of phenols is 1. The highest BCUT2D eigenvalue weighted by Gasteiger charge is 2.71. The molecule has 6 nitrogen and oxygen atoms in total. The van der Waals surface area contributed by atoms with Crippen molar-refractivity contribution in [2.45, 2.75) is 42.4 Å². The lowest BCUT2D eigenvalue weighted by molar-refractivity contribution is -0.134. The van der Waals surface area contributed by atoms with Gasteiger partial charge < -0.3 is 26.0 Å². The van der Waals surface area contributed by atoms with Crippen LogP contribution in [-0.4, -0.2) is 33.4 Å². The summed E-state index contributed by atoms with van der Waals surface area (Å²) in [6.07, 6.45) is 1.39. The summed E-state index contributed by atoms with van der Waals surface area (Å²) in [5.74, 6) is 0.634. The van der Waals surface area contributed by atoms with Crippen molar-refractivity contribution in [2.24, 2.45) is 0 Å². The Morgan fingerprint density at radius 1 is 1.21 bits per heavy atom. The Balaban J connectivity index is 1.61. The van der Waals surface area contributed by atoms with Gasteiger partial charge >= 0.3 is 0 Å². The molecule has 3 aromatic rings. The lowest BCUT2D eigenvalue weighted by Crippen LogP contribution is -2.74. The van der Waals surface area contributed by atoms with E-state index in [1.165, 1.54) is 0 Å². The summed E-state index contributed by atoms with van der Waals surface area (Å²) in [7, 11) is 0. The molecule has 0 saturated carbocycles. The maximum Gasteiger partial charge on any atom is 0.166 e. The fourth-order valence-electron chi connectivity index (χ4n) is 6.58. The maximum absolute atomic E-state index is 12.2. The number of pyridine rings is 1. The molecule has 1 aromatic heterocycles. The number of nitrogens with zero attached hydrogens (tertiary/aromatic N) is 1. The molecule has 6 heteroatoms. The Kier molecular flexibility index (Phi) is 2.67. The molecule has 29 heavy (non-hydrogen) atoms. The van der Waals surface area contributed by atoms with Crippen LogP contribution in [0.3, 0.4) is 0 Å². The summed E-state index contributed by atoms with van der Waals surface area (Å²) in [5, 5.41) is 27.3. The number of hydrogen-bond donors (Lipinski definition) is 4. The summed E-state index contributed by atoms with van der Waals surface area (Å²) in [5.41, 5.74) is 10.2. The van der Waals surface area contributed by atoms with E-state index < -0.39 is 17.1 Å². The summed E-state index contributed by atoms with van der Waals surface area (Å²) in [6.45, 7) is 0.791. The molecule has 4 atom stereocenters. The van der Waals surface area contributed by atoms with Crippen LogP contribution in [-0.2, 0) is 18.3 Å². The topological polar surface area (TPSA) is 101 Å². The van der Waals surface area contributed by atoms with E-state index in [1.807, 2.05) is 30.3 Å². The van der Waals surface area contributed by atoms with Crippen molar-refractivity contribution in [3.05, 3.63) is 58.8 Å². The molecule has 1 saturated heterocycles. The van der Waals surface area contributed by atoms with Crippen molar-refractivity contribution in [2.75, 3.05) is 12.3 Å². The van der Waals surface area contributed by atoms with Gasteiger partial charge in [-0.1, -0.05) is 24.3 Å². The van der Waals surface area contributed by atoms with E-state index in [9.17, 15) is 10.2 Å². The molecule has 2 aliphatic heterocycles. The number of nitrogens with one attached hydrogen (secondary N) is 1. The third-order valence-electron chi connectivity index (χ3n) is 7.80. The summed E-state index contributed by atoms with van der Waals surface area (Å²) >= 11 is 0. The highest BCUT2D eigenvalue weighted by molar-refractivity contribution is 5.92. The standard InChI is InChI=1S/C23H21N3O3/c24-18-12-3-1-2-4-14(12)26-19-13(18)10-23(28)16-9-11-5-6-15(27)20-17(11)22(23,7-8-25-16)21(19)29-20/h1-6,16,21,25,27-28H,7-10H2,(H2,24,26)/t16-,21+,22+,23-/m1/s1. The number of aliphatic hydroxyl groups is 1. The molecule has 1 spiro atoms. The number of hydrogen-bond acceptors (Lipinski definition) is 6.